The summed E-state index contributed by atoms with van der Waals surface area (Å²) in [6.07, 6.45) is 0.769. The molecule has 5 nitrogen and oxygen atoms in total. The summed E-state index contributed by atoms with van der Waals surface area (Å²) >= 11 is 0. The monoisotopic (exact) mass is 284 g/mol. The van der Waals surface area contributed by atoms with Crippen LogP contribution in [0.25, 0.3) is 0 Å². The van der Waals surface area contributed by atoms with Crippen LogP contribution in [-0.2, 0) is 0 Å². The molecule has 0 radical (unpaired) electrons. The van der Waals surface area contributed by atoms with E-state index in [9.17, 15) is 9.90 Å². The number of hydrogen-bond acceptors (Lipinski definition) is 4. The molecule has 0 bridgehead atoms. The standard InChI is InChI=1S/C16H16N2O3/c17-10-5-6-12(16(19)20)14(9-10)18-13-7-8-21-15-4-2-1-3-11(13)15/h1-6,9,13,18H,7-8,17H2,(H,19,20). The predicted molar refractivity (Wildman–Crippen MR) is 80.7 cm³/mol. The van der Waals surface area contributed by atoms with Crippen molar-refractivity contribution in [2.45, 2.75) is 12.5 Å². The van der Waals surface area contributed by atoms with E-state index in [4.69, 9.17) is 10.5 Å². The molecular formula is C16H16N2O3. The Hall–Kier alpha value is -2.69. The molecule has 0 fully saturated rings. The molecule has 0 saturated heterocycles. The Bertz CT molecular complexity index is 685. The molecule has 0 amide bonds. The topological polar surface area (TPSA) is 84.6 Å². The number of nitrogen functional groups attached to an aromatic ring is 1. The fraction of sp³-hybridized carbons (Fsp3) is 0.188. The van der Waals surface area contributed by atoms with Crippen LogP contribution in [0.4, 0.5) is 11.4 Å². The van der Waals surface area contributed by atoms with Crippen molar-refractivity contribution in [2.75, 3.05) is 17.7 Å². The van der Waals surface area contributed by atoms with E-state index in [1.165, 1.54) is 6.07 Å². The third kappa shape index (κ3) is 2.63. The van der Waals surface area contributed by atoms with E-state index in [1.54, 1.807) is 12.1 Å². The maximum atomic E-state index is 11.3. The molecule has 4 N–H and O–H groups in total. The molecule has 5 heteroatoms. The number of anilines is 2. The third-order valence-corrected chi connectivity index (χ3v) is 3.56. The van der Waals surface area contributed by atoms with Crippen molar-refractivity contribution < 1.29 is 14.6 Å². The molecule has 0 spiro atoms. The van der Waals surface area contributed by atoms with Crippen molar-refractivity contribution in [3.63, 3.8) is 0 Å². The molecule has 1 aliphatic rings. The average Bonchev–Trinajstić information content (AvgIpc) is 2.47. The second-order valence-electron chi connectivity index (χ2n) is 4.98. The lowest BCUT2D eigenvalue weighted by Gasteiger charge is -2.28. The molecule has 1 unspecified atom stereocenters. The van der Waals surface area contributed by atoms with Gasteiger partial charge in [-0.05, 0) is 24.3 Å². The Morgan fingerprint density at radius 3 is 2.90 bits per heavy atom. The summed E-state index contributed by atoms with van der Waals surface area (Å²) in [5.74, 6) is -0.139. The SMILES string of the molecule is Nc1ccc(C(=O)O)c(NC2CCOc3ccccc32)c1. The Labute approximate surface area is 122 Å². The highest BCUT2D eigenvalue weighted by Crippen LogP contribution is 2.35. The lowest BCUT2D eigenvalue weighted by molar-refractivity contribution is 0.0698. The van der Waals surface area contributed by atoms with Gasteiger partial charge in [0.25, 0.3) is 0 Å². The normalized spacial score (nSPS) is 16.7. The van der Waals surface area contributed by atoms with Crippen LogP contribution in [-0.4, -0.2) is 17.7 Å². The van der Waals surface area contributed by atoms with Gasteiger partial charge in [-0.3, -0.25) is 0 Å². The van der Waals surface area contributed by atoms with Crippen molar-refractivity contribution in [2.24, 2.45) is 0 Å². The predicted octanol–water partition coefficient (Wildman–Crippen LogP) is 2.90. The highest BCUT2D eigenvalue weighted by atomic mass is 16.5. The molecular weight excluding hydrogens is 268 g/mol. The summed E-state index contributed by atoms with van der Waals surface area (Å²) in [4.78, 5) is 11.3. The lowest BCUT2D eigenvalue weighted by Crippen LogP contribution is -2.21. The van der Waals surface area contributed by atoms with Crippen LogP contribution in [0.15, 0.2) is 42.5 Å². The van der Waals surface area contributed by atoms with Gasteiger partial charge in [-0.2, -0.15) is 0 Å². The van der Waals surface area contributed by atoms with Crippen molar-refractivity contribution in [1.82, 2.24) is 0 Å². The first-order valence-corrected chi connectivity index (χ1v) is 6.76. The molecule has 0 aromatic heterocycles. The first kappa shape index (κ1) is 13.3. The Morgan fingerprint density at radius 2 is 2.10 bits per heavy atom. The maximum absolute atomic E-state index is 11.3. The quantitative estimate of drug-likeness (QED) is 0.755. The highest BCUT2D eigenvalue weighted by molar-refractivity contribution is 5.95. The number of rotatable bonds is 3. The van der Waals surface area contributed by atoms with Crippen molar-refractivity contribution in [3.8, 4) is 5.75 Å². The summed E-state index contributed by atoms with van der Waals surface area (Å²) in [6, 6.07) is 12.5. The molecule has 0 aliphatic carbocycles. The van der Waals surface area contributed by atoms with Crippen molar-refractivity contribution >= 4 is 17.3 Å². The van der Waals surface area contributed by atoms with E-state index in [0.29, 0.717) is 18.0 Å². The van der Waals surface area contributed by atoms with Crippen molar-refractivity contribution in [3.05, 3.63) is 53.6 Å². The summed E-state index contributed by atoms with van der Waals surface area (Å²) in [7, 11) is 0. The minimum atomic E-state index is -0.974. The summed E-state index contributed by atoms with van der Waals surface area (Å²) in [5, 5.41) is 12.6. The number of aromatic carboxylic acids is 1. The van der Waals surface area contributed by atoms with Gasteiger partial charge >= 0.3 is 5.97 Å². The molecule has 3 rings (SSSR count). The largest absolute Gasteiger partial charge is 0.493 e. The number of benzene rings is 2. The smallest absolute Gasteiger partial charge is 0.337 e. The number of nitrogens with one attached hydrogen (secondary N) is 1. The molecule has 21 heavy (non-hydrogen) atoms. The van der Waals surface area contributed by atoms with E-state index < -0.39 is 5.97 Å². The molecule has 1 heterocycles. The summed E-state index contributed by atoms with van der Waals surface area (Å²) in [5.41, 5.74) is 8.08. The summed E-state index contributed by atoms with van der Waals surface area (Å²) in [6.45, 7) is 0.597. The van der Waals surface area contributed by atoms with Gasteiger partial charge in [0.05, 0.1) is 23.9 Å². The van der Waals surface area contributed by atoms with Gasteiger partial charge < -0.3 is 20.9 Å². The number of carboxylic acid groups (broad SMARTS) is 1. The molecule has 2 aromatic rings. The number of nitrogens with two attached hydrogens (primary N) is 1. The zero-order chi connectivity index (χ0) is 14.8. The van der Waals surface area contributed by atoms with Gasteiger partial charge in [-0.25, -0.2) is 4.79 Å². The van der Waals surface area contributed by atoms with Crippen LogP contribution in [0.1, 0.15) is 28.4 Å². The van der Waals surface area contributed by atoms with Gasteiger partial charge in [0.1, 0.15) is 5.75 Å². The van der Waals surface area contributed by atoms with E-state index in [-0.39, 0.29) is 11.6 Å². The fourth-order valence-electron chi connectivity index (χ4n) is 2.55. The van der Waals surface area contributed by atoms with Gasteiger partial charge in [-0.15, -0.1) is 0 Å². The summed E-state index contributed by atoms with van der Waals surface area (Å²) < 4.78 is 5.61. The number of fused-ring (bicyclic) bond motifs is 1. The van der Waals surface area contributed by atoms with Crippen LogP contribution in [0.3, 0.4) is 0 Å². The second kappa shape index (κ2) is 5.36. The Morgan fingerprint density at radius 1 is 1.29 bits per heavy atom. The van der Waals surface area contributed by atoms with Crippen molar-refractivity contribution in [1.29, 1.82) is 0 Å². The first-order valence-electron chi connectivity index (χ1n) is 6.76. The minimum Gasteiger partial charge on any atom is -0.493 e. The maximum Gasteiger partial charge on any atom is 0.337 e. The minimum absolute atomic E-state index is 0.00912. The number of carbonyl (C=O) groups is 1. The zero-order valence-corrected chi connectivity index (χ0v) is 11.4. The third-order valence-electron chi connectivity index (χ3n) is 3.56. The Kier molecular flexibility index (Phi) is 3.39. The van der Waals surface area contributed by atoms with Gasteiger partial charge in [-0.1, -0.05) is 18.2 Å². The van der Waals surface area contributed by atoms with Crippen LogP contribution >= 0.6 is 0 Å². The average molecular weight is 284 g/mol. The van der Waals surface area contributed by atoms with E-state index >= 15 is 0 Å². The van der Waals surface area contributed by atoms with E-state index in [2.05, 4.69) is 5.32 Å². The van der Waals surface area contributed by atoms with E-state index in [1.807, 2.05) is 24.3 Å². The van der Waals surface area contributed by atoms with Crippen LogP contribution in [0, 0.1) is 0 Å². The van der Waals surface area contributed by atoms with Crippen LogP contribution in [0.5, 0.6) is 5.75 Å². The Balaban J connectivity index is 1.95. The molecule has 1 aliphatic heterocycles. The van der Waals surface area contributed by atoms with Gasteiger partial charge in [0.2, 0.25) is 0 Å². The second-order valence-corrected chi connectivity index (χ2v) is 4.98. The molecule has 0 saturated carbocycles. The fourth-order valence-corrected chi connectivity index (χ4v) is 2.55. The molecule has 108 valence electrons. The highest BCUT2D eigenvalue weighted by Gasteiger charge is 2.22. The van der Waals surface area contributed by atoms with Crippen LogP contribution in [0.2, 0.25) is 0 Å². The lowest BCUT2D eigenvalue weighted by atomic mass is 9.99. The molecule has 1 atom stereocenters. The van der Waals surface area contributed by atoms with Gasteiger partial charge in [0, 0.05) is 17.7 Å². The molecule has 2 aromatic carbocycles. The van der Waals surface area contributed by atoms with Gasteiger partial charge in [0.15, 0.2) is 0 Å². The first-order chi connectivity index (χ1) is 10.1. The number of para-hydroxylation sites is 1. The number of hydrogen-bond donors (Lipinski definition) is 3. The number of ether oxygens (including phenoxy) is 1. The number of carboxylic acids is 1. The zero-order valence-electron chi connectivity index (χ0n) is 11.4. The van der Waals surface area contributed by atoms with Crippen LogP contribution < -0.4 is 15.8 Å². The van der Waals surface area contributed by atoms with E-state index in [0.717, 1.165) is 17.7 Å².